The van der Waals surface area contributed by atoms with Gasteiger partial charge in [-0.25, -0.2) is 4.79 Å². The predicted octanol–water partition coefficient (Wildman–Crippen LogP) is 1.91. The molecule has 0 spiro atoms. The number of hydrogen-bond acceptors (Lipinski definition) is 2. The Labute approximate surface area is 81.6 Å². The maximum atomic E-state index is 10.9. The number of carboxylic acid groups (broad SMARTS) is 1. The van der Waals surface area contributed by atoms with E-state index in [-0.39, 0.29) is 12.2 Å². The zero-order chi connectivity index (χ0) is 10.6. The van der Waals surface area contributed by atoms with Gasteiger partial charge in [0.05, 0.1) is 0 Å². The number of anilines is 1. The first-order valence-corrected chi connectivity index (χ1v) is 4.17. The molecule has 0 aliphatic heterocycles. The second-order valence-corrected chi connectivity index (χ2v) is 2.97. The van der Waals surface area contributed by atoms with Crippen molar-refractivity contribution in [2.75, 3.05) is 5.32 Å². The van der Waals surface area contributed by atoms with E-state index >= 15 is 0 Å². The molecule has 0 aromatic heterocycles. The Balaban J connectivity index is 2.90. The fourth-order valence-corrected chi connectivity index (χ4v) is 1.18. The van der Waals surface area contributed by atoms with E-state index in [4.69, 9.17) is 5.11 Å². The second-order valence-electron chi connectivity index (χ2n) is 2.97. The Kier molecular flexibility index (Phi) is 3.23. The fourth-order valence-electron chi connectivity index (χ4n) is 1.18. The molecule has 1 aromatic rings. The molecule has 1 rings (SSSR count). The Morgan fingerprint density at radius 3 is 2.57 bits per heavy atom. The number of nitrogens with one attached hydrogen (secondary N) is 1. The Hall–Kier alpha value is -1.84. The SMILES string of the molecule is CC(=O)Cc1ccccc1NC(=O)O. The average Bonchev–Trinajstić information content (AvgIpc) is 2.06. The van der Waals surface area contributed by atoms with E-state index in [0.717, 1.165) is 0 Å². The lowest BCUT2D eigenvalue weighted by Gasteiger charge is -2.06. The summed E-state index contributed by atoms with van der Waals surface area (Å²) in [5, 5.41) is 10.8. The first kappa shape index (κ1) is 10.2. The number of amides is 1. The minimum atomic E-state index is -1.12. The topological polar surface area (TPSA) is 66.4 Å². The Morgan fingerprint density at radius 1 is 1.36 bits per heavy atom. The molecule has 1 aromatic carbocycles. The van der Waals surface area contributed by atoms with Crippen LogP contribution in [0.2, 0.25) is 0 Å². The minimum absolute atomic E-state index is 0.00430. The van der Waals surface area contributed by atoms with Gasteiger partial charge in [0.1, 0.15) is 5.78 Å². The number of carbonyl (C=O) groups excluding carboxylic acids is 1. The van der Waals surface area contributed by atoms with Crippen molar-refractivity contribution >= 4 is 17.6 Å². The summed E-state index contributed by atoms with van der Waals surface area (Å²) in [6.45, 7) is 1.47. The lowest BCUT2D eigenvalue weighted by molar-refractivity contribution is -0.116. The van der Waals surface area contributed by atoms with E-state index in [1.54, 1.807) is 24.3 Å². The molecular formula is C10H11NO3. The molecule has 0 unspecified atom stereocenters. The van der Waals surface area contributed by atoms with Crippen LogP contribution in [0.25, 0.3) is 0 Å². The van der Waals surface area contributed by atoms with Gasteiger partial charge in [-0.05, 0) is 18.6 Å². The predicted molar refractivity (Wildman–Crippen MR) is 52.5 cm³/mol. The van der Waals surface area contributed by atoms with E-state index in [1.165, 1.54) is 6.92 Å². The summed E-state index contributed by atoms with van der Waals surface area (Å²) in [5.41, 5.74) is 1.16. The van der Waals surface area contributed by atoms with Crippen LogP contribution in [-0.2, 0) is 11.2 Å². The van der Waals surface area contributed by atoms with Crippen LogP contribution in [0.1, 0.15) is 12.5 Å². The van der Waals surface area contributed by atoms with Crippen molar-refractivity contribution in [3.63, 3.8) is 0 Å². The molecule has 0 aliphatic carbocycles. The molecule has 0 heterocycles. The Bertz CT molecular complexity index is 325. The standard InChI is InChI=1S/C10H11NO3/c1-7(12)6-8-4-2-3-5-9(8)11-10(13)14/h2-5,11H,6H2,1H3,(H,13,14). The highest BCUT2D eigenvalue weighted by atomic mass is 16.4. The van der Waals surface area contributed by atoms with E-state index in [9.17, 15) is 9.59 Å². The molecule has 0 aliphatic rings. The summed E-state index contributed by atoms with van der Waals surface area (Å²) < 4.78 is 0. The number of ketones is 1. The highest BCUT2D eigenvalue weighted by Crippen LogP contribution is 2.15. The molecule has 2 N–H and O–H groups in total. The van der Waals surface area contributed by atoms with Crippen LogP contribution in [0.4, 0.5) is 10.5 Å². The molecule has 0 fully saturated rings. The minimum Gasteiger partial charge on any atom is -0.465 e. The van der Waals surface area contributed by atoms with Gasteiger partial charge >= 0.3 is 6.09 Å². The van der Waals surface area contributed by atoms with E-state index < -0.39 is 6.09 Å². The van der Waals surface area contributed by atoms with Gasteiger partial charge in [0.25, 0.3) is 0 Å². The summed E-state index contributed by atoms with van der Waals surface area (Å²) in [6.07, 6.45) is -0.878. The van der Waals surface area contributed by atoms with Crippen LogP contribution in [0, 0.1) is 0 Å². The average molecular weight is 193 g/mol. The largest absolute Gasteiger partial charge is 0.465 e. The second kappa shape index (κ2) is 4.41. The van der Waals surface area contributed by atoms with Gasteiger partial charge in [0.15, 0.2) is 0 Å². The highest BCUT2D eigenvalue weighted by molar-refractivity contribution is 5.86. The summed E-state index contributed by atoms with van der Waals surface area (Å²) >= 11 is 0. The number of para-hydroxylation sites is 1. The summed E-state index contributed by atoms with van der Waals surface area (Å²) in [5.74, 6) is 0.00430. The van der Waals surface area contributed by atoms with Crippen LogP contribution in [-0.4, -0.2) is 17.0 Å². The lowest BCUT2D eigenvalue weighted by atomic mass is 10.1. The van der Waals surface area contributed by atoms with Gasteiger partial charge in [-0.3, -0.25) is 10.1 Å². The summed E-state index contributed by atoms with van der Waals surface area (Å²) in [6, 6.07) is 6.85. The van der Waals surface area contributed by atoms with E-state index in [1.807, 2.05) is 0 Å². The van der Waals surface area contributed by atoms with Gasteiger partial charge in [0.2, 0.25) is 0 Å². The first-order valence-electron chi connectivity index (χ1n) is 4.17. The molecule has 4 heteroatoms. The number of carbonyl (C=O) groups is 2. The number of Topliss-reactive ketones (excluding diaryl/α,β-unsaturated/α-hetero) is 1. The third-order valence-electron chi connectivity index (χ3n) is 1.70. The van der Waals surface area contributed by atoms with Crippen molar-refractivity contribution in [3.05, 3.63) is 29.8 Å². The molecule has 4 nitrogen and oxygen atoms in total. The normalized spacial score (nSPS) is 9.50. The number of rotatable bonds is 3. The zero-order valence-corrected chi connectivity index (χ0v) is 7.78. The van der Waals surface area contributed by atoms with Gasteiger partial charge < -0.3 is 5.11 Å². The van der Waals surface area contributed by atoms with Gasteiger partial charge in [-0.15, -0.1) is 0 Å². The molecule has 1 amide bonds. The maximum Gasteiger partial charge on any atom is 0.409 e. The van der Waals surface area contributed by atoms with Gasteiger partial charge in [0, 0.05) is 12.1 Å². The number of hydrogen-bond donors (Lipinski definition) is 2. The molecular weight excluding hydrogens is 182 g/mol. The molecule has 74 valence electrons. The van der Waals surface area contributed by atoms with Crippen molar-refractivity contribution in [3.8, 4) is 0 Å². The molecule has 0 saturated carbocycles. The molecule has 0 saturated heterocycles. The third kappa shape index (κ3) is 2.90. The summed E-state index contributed by atoms with van der Waals surface area (Å²) in [7, 11) is 0. The van der Waals surface area contributed by atoms with Gasteiger partial charge in [-0.1, -0.05) is 18.2 Å². The van der Waals surface area contributed by atoms with Crippen LogP contribution in [0.15, 0.2) is 24.3 Å². The lowest BCUT2D eigenvalue weighted by Crippen LogP contribution is -2.10. The van der Waals surface area contributed by atoms with Crippen molar-refractivity contribution < 1.29 is 14.7 Å². The molecule has 14 heavy (non-hydrogen) atoms. The highest BCUT2D eigenvalue weighted by Gasteiger charge is 2.05. The van der Waals surface area contributed by atoms with E-state index in [0.29, 0.717) is 11.3 Å². The number of benzene rings is 1. The van der Waals surface area contributed by atoms with Crippen LogP contribution in [0.3, 0.4) is 0 Å². The maximum absolute atomic E-state index is 10.9. The van der Waals surface area contributed by atoms with Crippen LogP contribution >= 0.6 is 0 Å². The molecule has 0 atom stereocenters. The van der Waals surface area contributed by atoms with Gasteiger partial charge in [-0.2, -0.15) is 0 Å². The molecule has 0 radical (unpaired) electrons. The van der Waals surface area contributed by atoms with E-state index in [2.05, 4.69) is 5.32 Å². The van der Waals surface area contributed by atoms with Crippen LogP contribution in [0.5, 0.6) is 0 Å². The Morgan fingerprint density at radius 2 is 2.00 bits per heavy atom. The van der Waals surface area contributed by atoms with Crippen LogP contribution < -0.4 is 5.32 Å². The molecule has 0 bridgehead atoms. The van der Waals surface area contributed by atoms with Crippen molar-refractivity contribution in [1.29, 1.82) is 0 Å². The monoisotopic (exact) mass is 193 g/mol. The van der Waals surface area contributed by atoms with Crippen molar-refractivity contribution in [2.45, 2.75) is 13.3 Å². The fraction of sp³-hybridized carbons (Fsp3) is 0.200. The smallest absolute Gasteiger partial charge is 0.409 e. The van der Waals surface area contributed by atoms with Crippen molar-refractivity contribution in [1.82, 2.24) is 0 Å². The third-order valence-corrected chi connectivity index (χ3v) is 1.70. The zero-order valence-electron chi connectivity index (χ0n) is 7.78. The summed E-state index contributed by atoms with van der Waals surface area (Å²) in [4.78, 5) is 21.3. The van der Waals surface area contributed by atoms with Crippen molar-refractivity contribution in [2.24, 2.45) is 0 Å². The first-order chi connectivity index (χ1) is 6.59. The quantitative estimate of drug-likeness (QED) is 0.770.